The first-order valence-corrected chi connectivity index (χ1v) is 10.1. The van der Waals surface area contributed by atoms with Gasteiger partial charge in [-0.05, 0) is 67.8 Å². The standard InChI is InChI=1S/C21H28N4O2S/c1-4-12-26-18-10-8-16(9-11-18)14-22-25-20(23-24-21(25)28)17-6-5-7-19(13-17)27-15(2)3/h5-11,13-15,20-21,23-24,28H,4,12H2,1-3H3/b22-14-/t20-,21+/m1/s1. The molecule has 0 amide bonds. The number of ether oxygens (including phenoxy) is 2. The summed E-state index contributed by atoms with van der Waals surface area (Å²) in [5.74, 6) is 1.71. The molecule has 150 valence electrons. The Morgan fingerprint density at radius 1 is 1.14 bits per heavy atom. The van der Waals surface area contributed by atoms with Crippen molar-refractivity contribution in [2.45, 2.75) is 45.0 Å². The second-order valence-corrected chi connectivity index (χ2v) is 7.34. The van der Waals surface area contributed by atoms with E-state index in [-0.39, 0.29) is 17.8 Å². The average molecular weight is 401 g/mol. The molecule has 0 radical (unpaired) electrons. The van der Waals surface area contributed by atoms with Gasteiger partial charge in [-0.2, -0.15) is 5.10 Å². The van der Waals surface area contributed by atoms with E-state index in [0.717, 1.165) is 35.7 Å². The summed E-state index contributed by atoms with van der Waals surface area (Å²) in [6, 6.07) is 15.9. The van der Waals surface area contributed by atoms with Gasteiger partial charge in [0.15, 0.2) is 5.50 Å². The molecule has 0 aromatic heterocycles. The predicted molar refractivity (Wildman–Crippen MR) is 116 cm³/mol. The average Bonchev–Trinajstić information content (AvgIpc) is 3.06. The zero-order valence-corrected chi connectivity index (χ0v) is 17.4. The maximum Gasteiger partial charge on any atom is 0.156 e. The largest absolute Gasteiger partial charge is 0.494 e. The molecule has 1 aliphatic heterocycles. The van der Waals surface area contributed by atoms with Crippen LogP contribution in [0.2, 0.25) is 0 Å². The number of nitrogens with zero attached hydrogens (tertiary/aromatic N) is 2. The normalized spacial score (nSPS) is 19.5. The molecule has 6 nitrogen and oxygen atoms in total. The molecule has 2 aromatic rings. The van der Waals surface area contributed by atoms with E-state index < -0.39 is 0 Å². The Labute approximate surface area is 172 Å². The van der Waals surface area contributed by atoms with Crippen LogP contribution in [0.1, 0.15) is 44.5 Å². The number of thiol groups is 1. The third kappa shape index (κ3) is 5.41. The Morgan fingerprint density at radius 2 is 1.93 bits per heavy atom. The number of rotatable bonds is 8. The van der Waals surface area contributed by atoms with Gasteiger partial charge in [-0.25, -0.2) is 15.9 Å². The molecule has 2 atom stereocenters. The van der Waals surface area contributed by atoms with Crippen molar-refractivity contribution < 1.29 is 9.47 Å². The van der Waals surface area contributed by atoms with Crippen LogP contribution in [0.25, 0.3) is 0 Å². The Bertz CT molecular complexity index is 782. The smallest absolute Gasteiger partial charge is 0.156 e. The molecule has 0 saturated carbocycles. The minimum absolute atomic E-state index is 0.126. The fourth-order valence-electron chi connectivity index (χ4n) is 2.83. The Morgan fingerprint density at radius 3 is 2.64 bits per heavy atom. The van der Waals surface area contributed by atoms with Crippen LogP contribution in [-0.2, 0) is 0 Å². The number of nitrogens with one attached hydrogen (secondary N) is 2. The van der Waals surface area contributed by atoms with Gasteiger partial charge < -0.3 is 9.47 Å². The molecule has 28 heavy (non-hydrogen) atoms. The van der Waals surface area contributed by atoms with E-state index in [1.165, 1.54) is 0 Å². The van der Waals surface area contributed by atoms with Crippen LogP contribution in [0, 0.1) is 0 Å². The van der Waals surface area contributed by atoms with Gasteiger partial charge in [-0.15, -0.1) is 12.6 Å². The SMILES string of the molecule is CCCOc1ccc(/C=N\N2[C@@H](S)NN[C@H]2c2cccc(OC(C)C)c2)cc1. The zero-order valence-electron chi connectivity index (χ0n) is 16.5. The highest BCUT2D eigenvalue weighted by atomic mass is 32.1. The number of benzene rings is 2. The first-order valence-electron chi connectivity index (χ1n) is 9.57. The van der Waals surface area contributed by atoms with E-state index in [0.29, 0.717) is 0 Å². The Hall–Kier alpha value is -2.22. The van der Waals surface area contributed by atoms with Crippen molar-refractivity contribution in [3.8, 4) is 11.5 Å². The Balaban J connectivity index is 1.72. The highest BCUT2D eigenvalue weighted by molar-refractivity contribution is 7.80. The third-order valence-electron chi connectivity index (χ3n) is 4.10. The number of hydrogen-bond donors (Lipinski definition) is 3. The fourth-order valence-corrected chi connectivity index (χ4v) is 3.09. The molecule has 0 spiro atoms. The minimum atomic E-state index is -0.247. The zero-order chi connectivity index (χ0) is 19.9. The van der Waals surface area contributed by atoms with E-state index >= 15 is 0 Å². The molecule has 1 aliphatic rings. The van der Waals surface area contributed by atoms with Crippen LogP contribution in [0.3, 0.4) is 0 Å². The van der Waals surface area contributed by atoms with E-state index in [4.69, 9.17) is 9.47 Å². The summed E-state index contributed by atoms with van der Waals surface area (Å²) in [5.41, 5.74) is 8.13. The third-order valence-corrected chi connectivity index (χ3v) is 4.47. The molecule has 2 aromatic carbocycles. The molecule has 3 rings (SSSR count). The lowest BCUT2D eigenvalue weighted by Crippen LogP contribution is -2.28. The van der Waals surface area contributed by atoms with Crippen LogP contribution < -0.4 is 20.3 Å². The van der Waals surface area contributed by atoms with Crippen molar-refractivity contribution >= 4 is 18.8 Å². The molecule has 7 heteroatoms. The van der Waals surface area contributed by atoms with Gasteiger partial charge in [0.2, 0.25) is 0 Å². The molecule has 1 fully saturated rings. The van der Waals surface area contributed by atoms with Gasteiger partial charge in [-0.3, -0.25) is 0 Å². The predicted octanol–water partition coefficient (Wildman–Crippen LogP) is 3.92. The van der Waals surface area contributed by atoms with Crippen LogP contribution in [0.4, 0.5) is 0 Å². The van der Waals surface area contributed by atoms with Crippen LogP contribution in [0.5, 0.6) is 11.5 Å². The van der Waals surface area contributed by atoms with Gasteiger partial charge in [0.1, 0.15) is 17.7 Å². The molecule has 0 unspecified atom stereocenters. The van der Waals surface area contributed by atoms with Crippen LogP contribution >= 0.6 is 12.6 Å². The highest BCUT2D eigenvalue weighted by Gasteiger charge is 2.30. The van der Waals surface area contributed by atoms with Gasteiger partial charge in [0, 0.05) is 0 Å². The number of hydrazone groups is 1. The van der Waals surface area contributed by atoms with Crippen molar-refractivity contribution in [1.82, 2.24) is 15.9 Å². The molecule has 1 heterocycles. The van der Waals surface area contributed by atoms with Crippen LogP contribution in [0.15, 0.2) is 53.6 Å². The Kier molecular flexibility index (Phi) is 7.19. The van der Waals surface area contributed by atoms with Gasteiger partial charge in [0.05, 0.1) is 18.9 Å². The van der Waals surface area contributed by atoms with E-state index in [2.05, 4.69) is 35.5 Å². The van der Waals surface area contributed by atoms with Gasteiger partial charge in [-0.1, -0.05) is 19.1 Å². The maximum absolute atomic E-state index is 5.81. The van der Waals surface area contributed by atoms with E-state index in [1.54, 1.807) is 0 Å². The van der Waals surface area contributed by atoms with Gasteiger partial charge in [0.25, 0.3) is 0 Å². The van der Waals surface area contributed by atoms with E-state index in [1.807, 2.05) is 73.6 Å². The summed E-state index contributed by atoms with van der Waals surface area (Å²) in [5, 5.41) is 6.51. The van der Waals surface area contributed by atoms with Crippen molar-refractivity contribution in [3.63, 3.8) is 0 Å². The number of hydrogen-bond acceptors (Lipinski definition) is 7. The summed E-state index contributed by atoms with van der Waals surface area (Å²) in [6.07, 6.45) is 2.79. The monoisotopic (exact) mass is 400 g/mol. The number of hydrazine groups is 1. The lowest BCUT2D eigenvalue weighted by Gasteiger charge is -2.23. The summed E-state index contributed by atoms with van der Waals surface area (Å²) >= 11 is 4.57. The molecule has 1 saturated heterocycles. The van der Waals surface area contributed by atoms with Crippen molar-refractivity contribution in [1.29, 1.82) is 0 Å². The van der Waals surface area contributed by atoms with Crippen molar-refractivity contribution in [3.05, 3.63) is 59.7 Å². The molecule has 2 N–H and O–H groups in total. The maximum atomic E-state index is 5.81. The minimum Gasteiger partial charge on any atom is -0.494 e. The van der Waals surface area contributed by atoms with Crippen molar-refractivity contribution in [2.24, 2.45) is 5.10 Å². The lowest BCUT2D eigenvalue weighted by molar-refractivity contribution is 0.234. The quantitative estimate of drug-likeness (QED) is 0.463. The topological polar surface area (TPSA) is 58.1 Å². The second kappa shape index (κ2) is 9.82. The molecular weight excluding hydrogens is 372 g/mol. The summed E-state index contributed by atoms with van der Waals surface area (Å²) in [7, 11) is 0. The summed E-state index contributed by atoms with van der Waals surface area (Å²) in [4.78, 5) is 0. The van der Waals surface area contributed by atoms with Gasteiger partial charge >= 0.3 is 0 Å². The van der Waals surface area contributed by atoms with Crippen molar-refractivity contribution in [2.75, 3.05) is 6.61 Å². The fraction of sp³-hybridized carbons (Fsp3) is 0.381. The lowest BCUT2D eigenvalue weighted by atomic mass is 10.1. The second-order valence-electron chi connectivity index (χ2n) is 6.85. The first kappa shape index (κ1) is 20.5. The molecule has 0 aliphatic carbocycles. The molecular formula is C21H28N4O2S. The first-order chi connectivity index (χ1) is 13.6. The van der Waals surface area contributed by atoms with E-state index in [9.17, 15) is 0 Å². The summed E-state index contributed by atoms with van der Waals surface area (Å²) < 4.78 is 11.4. The highest BCUT2D eigenvalue weighted by Crippen LogP contribution is 2.28. The molecule has 0 bridgehead atoms. The summed E-state index contributed by atoms with van der Waals surface area (Å²) in [6.45, 7) is 6.84. The van der Waals surface area contributed by atoms with Crippen LogP contribution in [-0.4, -0.2) is 29.4 Å².